The molecule has 0 saturated heterocycles. The van der Waals surface area contributed by atoms with Crippen molar-refractivity contribution in [2.24, 2.45) is 5.92 Å². The van der Waals surface area contributed by atoms with Gasteiger partial charge in [-0.15, -0.1) is 0 Å². The molecule has 2 N–H and O–H groups in total. The molecule has 8 nitrogen and oxygen atoms in total. The minimum Gasteiger partial charge on any atom is -0.482 e. The maximum Gasteiger partial charge on any atom is 0.166 e. The summed E-state index contributed by atoms with van der Waals surface area (Å²) in [6.45, 7) is 4.50. The third-order valence-electron chi connectivity index (χ3n) is 6.66. The van der Waals surface area contributed by atoms with E-state index in [-0.39, 0.29) is 11.6 Å². The maximum atomic E-state index is 14.3. The van der Waals surface area contributed by atoms with Crippen LogP contribution in [0.15, 0.2) is 36.5 Å². The van der Waals surface area contributed by atoms with E-state index in [9.17, 15) is 9.65 Å². The Hall–Kier alpha value is -4.19. The molecule has 1 aromatic carbocycles. The minimum atomic E-state index is -0.526. The van der Waals surface area contributed by atoms with E-state index in [0.29, 0.717) is 35.0 Å². The first-order valence-electron chi connectivity index (χ1n) is 11.7. The zero-order valence-corrected chi connectivity index (χ0v) is 19.5. The van der Waals surface area contributed by atoms with Gasteiger partial charge in [-0.2, -0.15) is 15.5 Å². The van der Waals surface area contributed by atoms with Crippen LogP contribution in [0.5, 0.6) is 5.75 Å². The van der Waals surface area contributed by atoms with Gasteiger partial charge in [-0.05, 0) is 62.9 Å². The van der Waals surface area contributed by atoms with Gasteiger partial charge >= 0.3 is 0 Å². The van der Waals surface area contributed by atoms with Gasteiger partial charge in [0.25, 0.3) is 0 Å². The van der Waals surface area contributed by atoms with Crippen LogP contribution >= 0.6 is 0 Å². The Morgan fingerprint density at radius 2 is 2.06 bits per heavy atom. The number of aryl methyl sites for hydroxylation is 1. The molecule has 35 heavy (non-hydrogen) atoms. The minimum absolute atomic E-state index is 0.238. The lowest BCUT2D eigenvalue weighted by Gasteiger charge is -2.22. The molecule has 0 spiro atoms. The molecule has 0 amide bonds. The van der Waals surface area contributed by atoms with Crippen molar-refractivity contribution < 1.29 is 9.13 Å². The van der Waals surface area contributed by atoms with Crippen molar-refractivity contribution in [2.75, 3.05) is 5.73 Å². The van der Waals surface area contributed by atoms with Gasteiger partial charge in [0.15, 0.2) is 17.3 Å². The highest BCUT2D eigenvalue weighted by atomic mass is 19.1. The van der Waals surface area contributed by atoms with Crippen LogP contribution in [0.4, 0.5) is 10.2 Å². The Bertz CT molecular complexity index is 1510. The first kappa shape index (κ1) is 21.4. The Morgan fingerprint density at radius 1 is 1.23 bits per heavy atom. The summed E-state index contributed by atoms with van der Waals surface area (Å²) in [6, 6.07) is 10.7. The average Bonchev–Trinajstić information content (AvgIpc) is 3.48. The highest BCUT2D eigenvalue weighted by Crippen LogP contribution is 2.38. The number of halogens is 1. The van der Waals surface area contributed by atoms with Gasteiger partial charge in [0.1, 0.15) is 18.0 Å². The van der Waals surface area contributed by atoms with Crippen molar-refractivity contribution >= 4 is 5.82 Å². The molecule has 176 valence electrons. The normalized spacial score (nSPS) is 16.7. The van der Waals surface area contributed by atoms with Gasteiger partial charge in [-0.3, -0.25) is 4.68 Å². The fraction of sp³-hybridized carbons (Fsp3) is 0.308. The van der Waals surface area contributed by atoms with Gasteiger partial charge in [-0.25, -0.2) is 14.1 Å². The molecule has 1 aliphatic heterocycles. The summed E-state index contributed by atoms with van der Waals surface area (Å²) in [5.41, 5.74) is 12.0. The van der Waals surface area contributed by atoms with E-state index in [1.165, 1.54) is 12.1 Å². The molecule has 3 aromatic heterocycles. The Labute approximate surface area is 201 Å². The van der Waals surface area contributed by atoms with Crippen molar-refractivity contribution in [3.63, 3.8) is 0 Å². The summed E-state index contributed by atoms with van der Waals surface area (Å²) >= 11 is 0. The molecule has 2 aliphatic rings. The highest BCUT2D eigenvalue weighted by molar-refractivity contribution is 5.70. The monoisotopic (exact) mass is 469 g/mol. The first-order valence-corrected chi connectivity index (χ1v) is 11.7. The van der Waals surface area contributed by atoms with Crippen LogP contribution in [0.1, 0.15) is 54.1 Å². The van der Waals surface area contributed by atoms with E-state index in [2.05, 4.69) is 16.2 Å². The second kappa shape index (κ2) is 7.94. The van der Waals surface area contributed by atoms with E-state index < -0.39 is 6.10 Å². The number of hydrogen-bond acceptors (Lipinski definition) is 6. The van der Waals surface area contributed by atoms with E-state index >= 15 is 0 Å². The molecule has 0 radical (unpaired) electrons. The van der Waals surface area contributed by atoms with Crippen LogP contribution < -0.4 is 10.5 Å². The van der Waals surface area contributed by atoms with Crippen molar-refractivity contribution in [1.29, 1.82) is 5.26 Å². The summed E-state index contributed by atoms with van der Waals surface area (Å²) in [6.07, 6.45) is 3.90. The molecule has 9 heteroatoms. The van der Waals surface area contributed by atoms with Crippen LogP contribution in [0, 0.1) is 30.0 Å². The third kappa shape index (κ3) is 3.71. The number of rotatable bonds is 2. The molecule has 1 fully saturated rings. The van der Waals surface area contributed by atoms with E-state index in [0.717, 1.165) is 47.6 Å². The van der Waals surface area contributed by atoms with Gasteiger partial charge in [0.2, 0.25) is 0 Å². The standard InChI is InChI=1S/C26H24FN7O/c1-14-7-19-10-21-22(11-28)32-33(13-16-3-4-16)25(21)17-8-24(26(29)30-12-17)35-15(2)20-9-18(27)5-6-23(20)34(19)31-14/h5-9,12,15-16H,3-4,10,13H2,1-2H3,(H2,29,30). The molecule has 4 aromatic rings. The van der Waals surface area contributed by atoms with Crippen LogP contribution in [-0.4, -0.2) is 24.5 Å². The lowest BCUT2D eigenvalue weighted by Crippen LogP contribution is -2.14. The molecular weight excluding hydrogens is 445 g/mol. The number of pyridine rings is 1. The molecule has 1 atom stereocenters. The molecular formula is C26H24FN7O. The fourth-order valence-electron chi connectivity index (χ4n) is 4.80. The molecule has 2 bridgehead atoms. The second-order valence-corrected chi connectivity index (χ2v) is 9.35. The van der Waals surface area contributed by atoms with Crippen LogP contribution in [0.25, 0.3) is 16.9 Å². The van der Waals surface area contributed by atoms with Crippen LogP contribution in [0.2, 0.25) is 0 Å². The van der Waals surface area contributed by atoms with Crippen molar-refractivity contribution in [2.45, 2.75) is 45.8 Å². The van der Waals surface area contributed by atoms with Crippen LogP contribution in [0.3, 0.4) is 0 Å². The summed E-state index contributed by atoms with van der Waals surface area (Å²) in [5, 5.41) is 19.4. The van der Waals surface area contributed by atoms with Gasteiger partial charge < -0.3 is 10.5 Å². The number of hydrogen-bond donors (Lipinski definition) is 1. The number of nitriles is 1. The Kier molecular flexibility index (Phi) is 4.85. The maximum absolute atomic E-state index is 14.3. The van der Waals surface area contributed by atoms with Crippen molar-refractivity contribution in [3.05, 3.63) is 70.6 Å². The van der Waals surface area contributed by atoms with Crippen LogP contribution in [-0.2, 0) is 13.0 Å². The number of nitrogens with two attached hydrogens (primary N) is 1. The lowest BCUT2D eigenvalue weighted by atomic mass is 10.0. The number of fused-ring (bicyclic) bond motifs is 7. The van der Waals surface area contributed by atoms with Gasteiger partial charge in [0.05, 0.1) is 17.1 Å². The molecule has 1 unspecified atom stereocenters. The van der Waals surface area contributed by atoms with Gasteiger partial charge in [0, 0.05) is 41.5 Å². The second-order valence-electron chi connectivity index (χ2n) is 9.35. The molecule has 6 rings (SSSR count). The lowest BCUT2D eigenvalue weighted by molar-refractivity contribution is 0.226. The van der Waals surface area contributed by atoms with Gasteiger partial charge in [-0.1, -0.05) is 0 Å². The number of nitrogen functional groups attached to an aromatic ring is 1. The first-order chi connectivity index (χ1) is 16.9. The predicted molar refractivity (Wildman–Crippen MR) is 127 cm³/mol. The fourth-order valence-corrected chi connectivity index (χ4v) is 4.80. The highest BCUT2D eigenvalue weighted by Gasteiger charge is 2.29. The number of benzene rings is 1. The summed E-state index contributed by atoms with van der Waals surface area (Å²) < 4.78 is 24.3. The molecule has 1 aliphatic carbocycles. The topological polar surface area (TPSA) is 108 Å². The van der Waals surface area contributed by atoms with E-state index in [1.54, 1.807) is 12.3 Å². The van der Waals surface area contributed by atoms with E-state index in [1.807, 2.05) is 35.3 Å². The Morgan fingerprint density at radius 3 is 2.83 bits per heavy atom. The summed E-state index contributed by atoms with van der Waals surface area (Å²) in [5.74, 6) is 0.818. The molecule has 4 heterocycles. The number of aromatic nitrogens is 5. The zero-order valence-electron chi connectivity index (χ0n) is 19.5. The average molecular weight is 470 g/mol. The summed E-state index contributed by atoms with van der Waals surface area (Å²) in [7, 11) is 0. The van der Waals surface area contributed by atoms with Crippen molar-refractivity contribution in [3.8, 4) is 28.8 Å². The quantitative estimate of drug-likeness (QED) is 0.464. The number of nitrogens with zero attached hydrogens (tertiary/aromatic N) is 6. The Balaban J connectivity index is 1.64. The predicted octanol–water partition coefficient (Wildman–Crippen LogP) is 4.49. The SMILES string of the molecule is Cc1cc2n(n1)-c1ccc(F)cc1C(C)Oc1cc(cnc1N)-c1c(c(C#N)nn1CC1CC1)C2. The third-order valence-corrected chi connectivity index (χ3v) is 6.66. The molecule has 1 saturated carbocycles. The largest absolute Gasteiger partial charge is 0.482 e. The zero-order chi connectivity index (χ0) is 24.3. The smallest absolute Gasteiger partial charge is 0.166 e. The van der Waals surface area contributed by atoms with Crippen molar-refractivity contribution in [1.82, 2.24) is 24.5 Å². The number of anilines is 1. The summed E-state index contributed by atoms with van der Waals surface area (Å²) in [4.78, 5) is 4.39. The number of ether oxygens (including phenoxy) is 1. The van der Waals surface area contributed by atoms with E-state index in [4.69, 9.17) is 15.6 Å².